The maximum Gasteiger partial charge on any atom is 0.0288 e. The number of alkyl halides is 3. The number of hydrogen-bond donors (Lipinski definition) is 0. The average Bonchev–Trinajstić information content (AvgIpc) is 2.19. The minimum absolute atomic E-state index is 0.930. The lowest BCUT2D eigenvalue weighted by atomic mass is 9.95. The van der Waals surface area contributed by atoms with Crippen LogP contribution >= 0.6 is 47.8 Å². The van der Waals surface area contributed by atoms with Crippen LogP contribution in [0, 0.1) is 13.8 Å². The number of hydrogen-bond acceptors (Lipinski definition) is 0. The van der Waals surface area contributed by atoms with Gasteiger partial charge in [-0.2, -0.15) is 0 Å². The summed E-state index contributed by atoms with van der Waals surface area (Å²) in [5.74, 6) is 0. The first kappa shape index (κ1) is 12.7. The Balaban J connectivity index is 3.39. The number of halogens is 3. The summed E-state index contributed by atoms with van der Waals surface area (Å²) in [5, 5.41) is 2.80. The van der Waals surface area contributed by atoms with Crippen molar-refractivity contribution in [2.75, 3.05) is 0 Å². The first-order valence-electron chi connectivity index (χ1n) is 4.44. The Morgan fingerprint density at radius 2 is 1.29 bits per heavy atom. The molecular weight excluding hydrogens is 372 g/mol. The Hall–Kier alpha value is 0.660. The van der Waals surface area contributed by atoms with E-state index in [4.69, 9.17) is 0 Å². The summed E-state index contributed by atoms with van der Waals surface area (Å²) in [6, 6.07) is 2.28. The summed E-state index contributed by atoms with van der Waals surface area (Å²) in [6.45, 7) is 4.39. The van der Waals surface area contributed by atoms with Crippen molar-refractivity contribution in [2.45, 2.75) is 29.8 Å². The van der Waals surface area contributed by atoms with E-state index < -0.39 is 0 Å². The third kappa shape index (κ3) is 2.42. The fraction of sp³-hybridized carbons (Fsp3) is 0.455. The van der Waals surface area contributed by atoms with E-state index in [2.05, 4.69) is 67.7 Å². The summed E-state index contributed by atoms with van der Waals surface area (Å²) in [6.07, 6.45) is 0. The molecule has 1 aromatic carbocycles. The largest absolute Gasteiger partial charge is 0.0876 e. The zero-order chi connectivity index (χ0) is 10.7. The van der Waals surface area contributed by atoms with Crippen molar-refractivity contribution < 1.29 is 0 Å². The number of benzene rings is 1. The van der Waals surface area contributed by atoms with Crippen molar-refractivity contribution in [2.24, 2.45) is 0 Å². The monoisotopic (exact) mass is 382 g/mol. The molecule has 0 bridgehead atoms. The zero-order valence-electron chi connectivity index (χ0n) is 8.33. The molecule has 0 saturated heterocycles. The molecular formula is C11H13Br3. The summed E-state index contributed by atoms with van der Waals surface area (Å²) >= 11 is 10.6. The molecule has 0 amide bonds. The van der Waals surface area contributed by atoms with Crippen molar-refractivity contribution in [1.29, 1.82) is 0 Å². The molecule has 0 heterocycles. The van der Waals surface area contributed by atoms with Crippen LogP contribution in [0.15, 0.2) is 6.07 Å². The van der Waals surface area contributed by atoms with Crippen LogP contribution in [0.2, 0.25) is 0 Å². The molecule has 0 N–H and O–H groups in total. The SMILES string of the molecule is Cc1c(CBr)cc(CBr)c(C)c1CBr. The third-order valence-corrected chi connectivity index (χ3v) is 4.41. The van der Waals surface area contributed by atoms with Crippen LogP contribution in [0.25, 0.3) is 0 Å². The molecule has 0 fully saturated rings. The van der Waals surface area contributed by atoms with Gasteiger partial charge < -0.3 is 0 Å². The molecule has 0 radical (unpaired) electrons. The van der Waals surface area contributed by atoms with E-state index in [9.17, 15) is 0 Å². The first-order valence-corrected chi connectivity index (χ1v) is 7.80. The van der Waals surface area contributed by atoms with Crippen molar-refractivity contribution in [1.82, 2.24) is 0 Å². The van der Waals surface area contributed by atoms with Gasteiger partial charge in [0.05, 0.1) is 0 Å². The van der Waals surface area contributed by atoms with E-state index in [0.29, 0.717) is 0 Å². The maximum atomic E-state index is 3.56. The summed E-state index contributed by atoms with van der Waals surface area (Å²) in [5.41, 5.74) is 7.01. The van der Waals surface area contributed by atoms with Gasteiger partial charge in [-0.25, -0.2) is 0 Å². The second-order valence-corrected chi connectivity index (χ2v) is 5.01. The van der Waals surface area contributed by atoms with E-state index in [0.717, 1.165) is 16.0 Å². The summed E-state index contributed by atoms with van der Waals surface area (Å²) in [4.78, 5) is 0. The predicted molar refractivity (Wildman–Crippen MR) is 73.8 cm³/mol. The van der Waals surface area contributed by atoms with Crippen molar-refractivity contribution in [3.63, 3.8) is 0 Å². The molecule has 0 unspecified atom stereocenters. The van der Waals surface area contributed by atoms with Gasteiger partial charge in [-0.3, -0.25) is 0 Å². The van der Waals surface area contributed by atoms with Gasteiger partial charge in [0, 0.05) is 16.0 Å². The highest BCUT2D eigenvalue weighted by Gasteiger charge is 2.10. The smallest absolute Gasteiger partial charge is 0.0288 e. The minimum atomic E-state index is 0.930. The Labute approximate surface area is 111 Å². The Morgan fingerprint density at radius 1 is 0.857 bits per heavy atom. The second kappa shape index (κ2) is 5.66. The second-order valence-electron chi connectivity index (χ2n) is 3.32. The topological polar surface area (TPSA) is 0 Å². The molecule has 0 aliphatic carbocycles. The molecule has 0 nitrogen and oxygen atoms in total. The van der Waals surface area contributed by atoms with Crippen LogP contribution in [-0.2, 0) is 16.0 Å². The summed E-state index contributed by atoms with van der Waals surface area (Å²) in [7, 11) is 0. The van der Waals surface area contributed by atoms with E-state index in [1.165, 1.54) is 27.8 Å². The Bertz CT molecular complexity index is 304. The van der Waals surface area contributed by atoms with Crippen molar-refractivity contribution >= 4 is 47.8 Å². The van der Waals surface area contributed by atoms with Gasteiger partial charge in [0.15, 0.2) is 0 Å². The fourth-order valence-corrected chi connectivity index (χ4v) is 3.58. The highest BCUT2D eigenvalue weighted by molar-refractivity contribution is 9.09. The van der Waals surface area contributed by atoms with Gasteiger partial charge in [-0.05, 0) is 41.7 Å². The van der Waals surface area contributed by atoms with Gasteiger partial charge in [0.25, 0.3) is 0 Å². The van der Waals surface area contributed by atoms with Gasteiger partial charge in [-0.1, -0.05) is 53.9 Å². The minimum Gasteiger partial charge on any atom is -0.0876 e. The number of rotatable bonds is 3. The first-order chi connectivity index (χ1) is 6.65. The highest BCUT2D eigenvalue weighted by atomic mass is 79.9. The summed E-state index contributed by atoms with van der Waals surface area (Å²) < 4.78 is 0. The lowest BCUT2D eigenvalue weighted by Crippen LogP contribution is -1.99. The highest BCUT2D eigenvalue weighted by Crippen LogP contribution is 2.27. The predicted octanol–water partition coefficient (Wildman–Crippen LogP) is 4.99. The molecule has 14 heavy (non-hydrogen) atoms. The van der Waals surface area contributed by atoms with Crippen LogP contribution in [0.4, 0.5) is 0 Å². The lowest BCUT2D eigenvalue weighted by Gasteiger charge is -2.15. The molecule has 3 heteroatoms. The molecule has 0 spiro atoms. The standard InChI is InChI=1S/C11H13Br3/c1-7-9(4-12)3-10(5-13)8(2)11(7)6-14/h3H,4-6H2,1-2H3. The lowest BCUT2D eigenvalue weighted by molar-refractivity contribution is 1.15. The van der Waals surface area contributed by atoms with Gasteiger partial charge in [0.2, 0.25) is 0 Å². The van der Waals surface area contributed by atoms with Gasteiger partial charge >= 0.3 is 0 Å². The molecule has 78 valence electrons. The van der Waals surface area contributed by atoms with E-state index >= 15 is 0 Å². The van der Waals surface area contributed by atoms with Gasteiger partial charge in [0.1, 0.15) is 0 Å². The van der Waals surface area contributed by atoms with E-state index in [1.807, 2.05) is 0 Å². The van der Waals surface area contributed by atoms with Crippen LogP contribution < -0.4 is 0 Å². The van der Waals surface area contributed by atoms with Gasteiger partial charge in [-0.15, -0.1) is 0 Å². The fourth-order valence-electron chi connectivity index (χ4n) is 1.57. The van der Waals surface area contributed by atoms with Crippen LogP contribution in [0.3, 0.4) is 0 Å². The zero-order valence-corrected chi connectivity index (χ0v) is 13.1. The normalized spacial score (nSPS) is 10.6. The molecule has 1 rings (SSSR count). The van der Waals surface area contributed by atoms with Crippen LogP contribution in [-0.4, -0.2) is 0 Å². The van der Waals surface area contributed by atoms with E-state index in [1.54, 1.807) is 0 Å². The molecule has 0 atom stereocenters. The van der Waals surface area contributed by atoms with Crippen molar-refractivity contribution in [3.8, 4) is 0 Å². The molecule has 0 aromatic heterocycles. The van der Waals surface area contributed by atoms with Crippen molar-refractivity contribution in [3.05, 3.63) is 33.9 Å². The third-order valence-electron chi connectivity index (χ3n) is 2.64. The molecule has 0 aliphatic heterocycles. The van der Waals surface area contributed by atoms with Crippen LogP contribution in [0.5, 0.6) is 0 Å². The average molecular weight is 385 g/mol. The van der Waals surface area contributed by atoms with E-state index in [-0.39, 0.29) is 0 Å². The molecule has 0 saturated carbocycles. The Morgan fingerprint density at radius 3 is 1.57 bits per heavy atom. The quantitative estimate of drug-likeness (QED) is 0.644. The van der Waals surface area contributed by atoms with Crippen LogP contribution in [0.1, 0.15) is 27.8 Å². The Kier molecular flexibility index (Phi) is 5.15. The molecule has 1 aromatic rings. The molecule has 0 aliphatic rings. The maximum absolute atomic E-state index is 3.56.